The van der Waals surface area contributed by atoms with Crippen molar-refractivity contribution >= 4 is 11.9 Å². The first-order chi connectivity index (χ1) is 9.10. The number of esters is 2. The summed E-state index contributed by atoms with van der Waals surface area (Å²) in [4.78, 5) is 24.1. The molecular formula is C14H22O5. The van der Waals surface area contributed by atoms with Crippen molar-refractivity contribution in [1.29, 1.82) is 0 Å². The molecule has 0 bridgehead atoms. The normalized spacial score (nSPS) is 26.0. The zero-order chi connectivity index (χ0) is 14.3. The predicted octanol–water partition coefficient (Wildman–Crippen LogP) is 1.85. The molecule has 1 aliphatic heterocycles. The van der Waals surface area contributed by atoms with Crippen LogP contribution in [0, 0.1) is 5.41 Å². The van der Waals surface area contributed by atoms with Gasteiger partial charge in [-0.3, -0.25) is 9.59 Å². The van der Waals surface area contributed by atoms with Crippen molar-refractivity contribution in [2.24, 2.45) is 5.41 Å². The lowest BCUT2D eigenvalue weighted by Gasteiger charge is -2.20. The van der Waals surface area contributed by atoms with E-state index >= 15 is 0 Å². The summed E-state index contributed by atoms with van der Waals surface area (Å²) in [6.45, 7) is 8.48. The van der Waals surface area contributed by atoms with Gasteiger partial charge in [0.1, 0.15) is 6.10 Å². The zero-order valence-electron chi connectivity index (χ0n) is 11.6. The molecular weight excluding hydrogens is 248 g/mol. The molecule has 0 saturated carbocycles. The molecule has 0 aliphatic carbocycles. The van der Waals surface area contributed by atoms with Gasteiger partial charge in [0.05, 0.1) is 13.2 Å². The lowest BCUT2D eigenvalue weighted by Crippen LogP contribution is -2.37. The monoisotopic (exact) mass is 270 g/mol. The van der Waals surface area contributed by atoms with Gasteiger partial charge in [0, 0.05) is 13.0 Å². The van der Waals surface area contributed by atoms with Gasteiger partial charge in [-0.05, 0) is 19.8 Å². The molecule has 1 saturated heterocycles. The summed E-state index contributed by atoms with van der Waals surface area (Å²) in [5.74, 6) is -1.06. The van der Waals surface area contributed by atoms with Crippen LogP contribution in [-0.2, 0) is 23.8 Å². The fourth-order valence-corrected chi connectivity index (χ4v) is 2.16. The maximum atomic E-state index is 12.0. The van der Waals surface area contributed by atoms with Crippen LogP contribution < -0.4 is 0 Å². The van der Waals surface area contributed by atoms with Gasteiger partial charge < -0.3 is 14.2 Å². The van der Waals surface area contributed by atoms with E-state index in [-0.39, 0.29) is 19.1 Å². The minimum Gasteiger partial charge on any atom is -0.465 e. The molecule has 0 aromatic rings. The smallest absolute Gasteiger partial charge is 0.324 e. The highest BCUT2D eigenvalue weighted by Gasteiger charge is 2.55. The van der Waals surface area contributed by atoms with E-state index in [1.807, 2.05) is 6.92 Å². The summed E-state index contributed by atoms with van der Waals surface area (Å²) in [7, 11) is 0. The molecule has 1 fully saturated rings. The Morgan fingerprint density at radius 1 is 1.58 bits per heavy atom. The average molecular weight is 270 g/mol. The average Bonchev–Trinajstić information content (AvgIpc) is 2.68. The molecule has 5 nitrogen and oxygen atoms in total. The third kappa shape index (κ3) is 3.56. The van der Waals surface area contributed by atoms with E-state index in [0.717, 1.165) is 6.42 Å². The number of rotatable bonds is 8. The summed E-state index contributed by atoms with van der Waals surface area (Å²) in [6.07, 6.45) is 2.59. The van der Waals surface area contributed by atoms with Crippen molar-refractivity contribution in [3.05, 3.63) is 12.7 Å². The maximum absolute atomic E-state index is 12.0. The van der Waals surface area contributed by atoms with Crippen LogP contribution in [0.4, 0.5) is 0 Å². The van der Waals surface area contributed by atoms with Crippen molar-refractivity contribution in [1.82, 2.24) is 0 Å². The number of carbonyl (C=O) groups excluding carboxylic acids is 2. The Kier molecular flexibility index (Phi) is 6.02. The van der Waals surface area contributed by atoms with E-state index in [9.17, 15) is 9.59 Å². The topological polar surface area (TPSA) is 61.8 Å². The van der Waals surface area contributed by atoms with Crippen LogP contribution in [0.15, 0.2) is 12.7 Å². The zero-order valence-corrected chi connectivity index (χ0v) is 11.6. The van der Waals surface area contributed by atoms with Gasteiger partial charge >= 0.3 is 11.9 Å². The summed E-state index contributed by atoms with van der Waals surface area (Å²) in [5.41, 5.74) is -1.24. The Hall–Kier alpha value is -1.36. The second kappa shape index (κ2) is 7.28. The summed E-state index contributed by atoms with van der Waals surface area (Å²) >= 11 is 0. The van der Waals surface area contributed by atoms with Crippen molar-refractivity contribution in [3.8, 4) is 0 Å². The Labute approximate surface area is 113 Å². The molecule has 0 aromatic carbocycles. The molecule has 1 rings (SSSR count). The molecule has 2 unspecified atom stereocenters. The number of allylic oxidation sites excluding steroid dienone is 1. The summed E-state index contributed by atoms with van der Waals surface area (Å²) in [6, 6.07) is 0. The number of hydrogen-bond acceptors (Lipinski definition) is 5. The molecule has 0 aromatic heterocycles. The van der Waals surface area contributed by atoms with E-state index in [2.05, 4.69) is 6.58 Å². The standard InChI is InChI=1S/C14H22O5/c1-4-7-14(12(15)18-6-3)9-11(19-13(14)16)10-17-8-5-2/h4,11H,1,5-10H2,2-3H3. The maximum Gasteiger partial charge on any atom is 0.324 e. The third-order valence-electron chi connectivity index (χ3n) is 3.05. The van der Waals surface area contributed by atoms with E-state index in [4.69, 9.17) is 14.2 Å². The van der Waals surface area contributed by atoms with Gasteiger partial charge in [-0.15, -0.1) is 6.58 Å². The second-order valence-electron chi connectivity index (χ2n) is 4.60. The summed E-state index contributed by atoms with van der Waals surface area (Å²) < 4.78 is 15.6. The lowest BCUT2D eigenvalue weighted by atomic mass is 9.81. The predicted molar refractivity (Wildman–Crippen MR) is 69.5 cm³/mol. The van der Waals surface area contributed by atoms with Crippen molar-refractivity contribution in [3.63, 3.8) is 0 Å². The molecule has 0 radical (unpaired) electrons. The Morgan fingerprint density at radius 3 is 2.89 bits per heavy atom. The van der Waals surface area contributed by atoms with Crippen molar-refractivity contribution < 1.29 is 23.8 Å². The lowest BCUT2D eigenvalue weighted by molar-refractivity contribution is -0.165. The minimum absolute atomic E-state index is 0.231. The van der Waals surface area contributed by atoms with Crippen LogP contribution in [0.5, 0.6) is 0 Å². The first kappa shape index (κ1) is 15.7. The number of ether oxygens (including phenoxy) is 3. The highest BCUT2D eigenvalue weighted by atomic mass is 16.6. The van der Waals surface area contributed by atoms with Crippen LogP contribution in [0.1, 0.15) is 33.1 Å². The van der Waals surface area contributed by atoms with E-state index < -0.39 is 17.4 Å². The SMILES string of the molecule is C=CCC1(C(=O)OCC)CC(COCCC)OC1=O. The fourth-order valence-electron chi connectivity index (χ4n) is 2.16. The number of carbonyl (C=O) groups is 2. The van der Waals surface area contributed by atoms with Gasteiger partial charge in [-0.25, -0.2) is 0 Å². The van der Waals surface area contributed by atoms with Gasteiger partial charge in [0.2, 0.25) is 0 Å². The van der Waals surface area contributed by atoms with Crippen LogP contribution in [0.25, 0.3) is 0 Å². The van der Waals surface area contributed by atoms with E-state index in [0.29, 0.717) is 19.6 Å². The van der Waals surface area contributed by atoms with Gasteiger partial charge in [-0.1, -0.05) is 13.0 Å². The molecule has 2 atom stereocenters. The molecule has 5 heteroatoms. The van der Waals surface area contributed by atoms with Gasteiger partial charge in [0.25, 0.3) is 0 Å². The van der Waals surface area contributed by atoms with Crippen molar-refractivity contribution in [2.45, 2.75) is 39.2 Å². The third-order valence-corrected chi connectivity index (χ3v) is 3.05. The summed E-state index contributed by atoms with van der Waals surface area (Å²) in [5, 5.41) is 0. The molecule has 108 valence electrons. The van der Waals surface area contributed by atoms with E-state index in [1.165, 1.54) is 0 Å². The van der Waals surface area contributed by atoms with Gasteiger partial charge in [0.15, 0.2) is 5.41 Å². The largest absolute Gasteiger partial charge is 0.465 e. The number of hydrogen-bond donors (Lipinski definition) is 0. The van der Waals surface area contributed by atoms with E-state index in [1.54, 1.807) is 13.0 Å². The molecule has 1 heterocycles. The highest BCUT2D eigenvalue weighted by Crippen LogP contribution is 2.39. The molecule has 0 amide bonds. The molecule has 0 N–H and O–H groups in total. The Morgan fingerprint density at radius 2 is 2.32 bits per heavy atom. The minimum atomic E-state index is -1.24. The molecule has 1 aliphatic rings. The number of cyclic esters (lactones) is 1. The Bertz CT molecular complexity index is 339. The van der Waals surface area contributed by atoms with Crippen LogP contribution in [0.2, 0.25) is 0 Å². The first-order valence-corrected chi connectivity index (χ1v) is 6.67. The quantitative estimate of drug-likeness (QED) is 0.291. The molecule has 19 heavy (non-hydrogen) atoms. The van der Waals surface area contributed by atoms with Crippen LogP contribution in [0.3, 0.4) is 0 Å². The van der Waals surface area contributed by atoms with Crippen LogP contribution >= 0.6 is 0 Å². The first-order valence-electron chi connectivity index (χ1n) is 6.67. The fraction of sp³-hybridized carbons (Fsp3) is 0.714. The highest BCUT2D eigenvalue weighted by molar-refractivity contribution is 6.01. The van der Waals surface area contributed by atoms with Crippen molar-refractivity contribution in [2.75, 3.05) is 19.8 Å². The Balaban J connectivity index is 2.73. The second-order valence-corrected chi connectivity index (χ2v) is 4.60. The van der Waals surface area contributed by atoms with Gasteiger partial charge in [-0.2, -0.15) is 0 Å². The molecule has 0 spiro atoms. The van der Waals surface area contributed by atoms with Crippen LogP contribution in [-0.4, -0.2) is 37.9 Å².